The summed E-state index contributed by atoms with van der Waals surface area (Å²) in [6, 6.07) is 8.35. The number of nitrogens with zero attached hydrogens (tertiary/aromatic N) is 4. The Morgan fingerprint density at radius 2 is 1.81 bits per heavy atom. The fraction of sp³-hybridized carbons (Fsp3) is 0.485. The summed E-state index contributed by atoms with van der Waals surface area (Å²) in [6.45, 7) is 7.64. The molecule has 1 aromatic heterocycles. The van der Waals surface area contributed by atoms with Crippen molar-refractivity contribution in [3.8, 4) is 11.1 Å². The van der Waals surface area contributed by atoms with Gasteiger partial charge in [0, 0.05) is 80.3 Å². The van der Waals surface area contributed by atoms with Crippen LogP contribution in [0.15, 0.2) is 36.7 Å². The summed E-state index contributed by atoms with van der Waals surface area (Å²) >= 11 is 0. The van der Waals surface area contributed by atoms with Gasteiger partial charge < -0.3 is 15.1 Å². The zero-order chi connectivity index (χ0) is 29.5. The predicted octanol–water partition coefficient (Wildman–Crippen LogP) is 6.62. The minimum Gasteiger partial charge on any atom is -0.354 e. The summed E-state index contributed by atoms with van der Waals surface area (Å²) in [5.74, 6) is 0.395. The molecule has 2 amide bonds. The number of anilines is 2. The van der Waals surface area contributed by atoms with Crippen LogP contribution in [0.1, 0.15) is 93.0 Å². The Labute approximate surface area is 245 Å². The highest BCUT2D eigenvalue weighted by atomic mass is 19.3. The Balaban J connectivity index is 1.41. The number of carbonyl (C=O) groups is 2. The highest BCUT2D eigenvalue weighted by molar-refractivity contribution is 5.80. The van der Waals surface area contributed by atoms with Crippen LogP contribution in [0.25, 0.3) is 11.1 Å². The topological polar surface area (TPSA) is 70.5 Å². The molecule has 1 saturated carbocycles. The van der Waals surface area contributed by atoms with E-state index in [0.717, 1.165) is 73.1 Å². The molecular formula is C33H39F2N5O2. The highest BCUT2D eigenvalue weighted by Gasteiger charge is 2.32. The number of aromatic nitrogens is 2. The molecule has 3 heterocycles. The van der Waals surface area contributed by atoms with Gasteiger partial charge in [-0.15, -0.1) is 0 Å². The van der Waals surface area contributed by atoms with Gasteiger partial charge in [-0.25, -0.2) is 8.78 Å². The maximum Gasteiger partial charge on any atom is 0.264 e. The summed E-state index contributed by atoms with van der Waals surface area (Å²) in [7, 11) is 0. The number of rotatable bonds is 6. The molecule has 9 heteroatoms. The van der Waals surface area contributed by atoms with Crippen LogP contribution in [0.5, 0.6) is 0 Å². The van der Waals surface area contributed by atoms with Gasteiger partial charge in [-0.05, 0) is 91.8 Å². The van der Waals surface area contributed by atoms with Crippen molar-refractivity contribution in [3.63, 3.8) is 0 Å². The van der Waals surface area contributed by atoms with E-state index in [1.165, 1.54) is 5.56 Å². The van der Waals surface area contributed by atoms with Crippen LogP contribution in [-0.4, -0.2) is 39.1 Å². The maximum atomic E-state index is 14.6. The zero-order valence-corrected chi connectivity index (χ0v) is 24.6. The van der Waals surface area contributed by atoms with E-state index in [0.29, 0.717) is 36.7 Å². The number of benzene rings is 2. The van der Waals surface area contributed by atoms with E-state index in [1.54, 1.807) is 30.8 Å². The van der Waals surface area contributed by atoms with Crippen LogP contribution < -0.4 is 10.2 Å². The van der Waals surface area contributed by atoms with E-state index in [2.05, 4.69) is 27.4 Å². The van der Waals surface area contributed by atoms with Crippen molar-refractivity contribution in [2.24, 2.45) is 0 Å². The van der Waals surface area contributed by atoms with Gasteiger partial charge in [0.15, 0.2) is 0 Å². The quantitative estimate of drug-likeness (QED) is 0.359. The molecule has 2 aliphatic heterocycles. The minimum absolute atomic E-state index is 0.0110. The van der Waals surface area contributed by atoms with Gasteiger partial charge in [-0.3, -0.25) is 14.3 Å². The molecule has 0 atom stereocenters. The Kier molecular flexibility index (Phi) is 7.77. The lowest BCUT2D eigenvalue weighted by molar-refractivity contribution is -0.129. The summed E-state index contributed by atoms with van der Waals surface area (Å²) < 4.78 is 30.9. The van der Waals surface area contributed by atoms with Gasteiger partial charge >= 0.3 is 0 Å². The van der Waals surface area contributed by atoms with E-state index in [9.17, 15) is 18.4 Å². The number of halogens is 2. The van der Waals surface area contributed by atoms with E-state index < -0.39 is 6.43 Å². The molecule has 1 aliphatic carbocycles. The molecule has 0 radical (unpaired) electrons. The Bertz CT molecular complexity index is 1510. The molecule has 3 aliphatic rings. The predicted molar refractivity (Wildman–Crippen MR) is 159 cm³/mol. The summed E-state index contributed by atoms with van der Waals surface area (Å²) in [4.78, 5) is 28.1. The van der Waals surface area contributed by atoms with Crippen molar-refractivity contribution < 1.29 is 18.4 Å². The fourth-order valence-electron chi connectivity index (χ4n) is 7.08. The van der Waals surface area contributed by atoms with Crippen molar-refractivity contribution >= 4 is 23.2 Å². The van der Waals surface area contributed by atoms with Gasteiger partial charge in [0.25, 0.3) is 6.43 Å². The Morgan fingerprint density at radius 3 is 2.48 bits per heavy atom. The third-order valence-corrected chi connectivity index (χ3v) is 9.27. The number of nitrogens with one attached hydrogen (secondary N) is 1. The van der Waals surface area contributed by atoms with E-state index in [4.69, 9.17) is 0 Å². The molecule has 0 bridgehead atoms. The average molecular weight is 576 g/mol. The van der Waals surface area contributed by atoms with Crippen molar-refractivity contribution in [1.82, 2.24) is 20.0 Å². The summed E-state index contributed by atoms with van der Waals surface area (Å²) in [5, 5.41) is 7.39. The number of aryl methyl sites for hydroxylation is 2. The normalized spacial score (nSPS) is 20.0. The van der Waals surface area contributed by atoms with Crippen molar-refractivity contribution in [2.75, 3.05) is 11.4 Å². The summed E-state index contributed by atoms with van der Waals surface area (Å²) in [5.41, 5.74) is 7.69. The van der Waals surface area contributed by atoms with Crippen molar-refractivity contribution in [3.05, 3.63) is 64.5 Å². The lowest BCUT2D eigenvalue weighted by Gasteiger charge is -2.35. The zero-order valence-electron chi connectivity index (χ0n) is 24.6. The number of carbonyl (C=O) groups excluding carboxylic acids is 2. The molecular weight excluding hydrogens is 536 g/mol. The molecule has 42 heavy (non-hydrogen) atoms. The van der Waals surface area contributed by atoms with Gasteiger partial charge in [-0.2, -0.15) is 5.10 Å². The third kappa shape index (κ3) is 5.41. The first-order chi connectivity index (χ1) is 20.2. The molecule has 7 nitrogen and oxygen atoms in total. The SMILES string of the molecule is CCn1cc(-c2cc3c(cc2C(F)F)N(c2cc([C@H]4CC[C@H](NC(C)=O)CC4)cc4c2CN(C(C)=O)C4)CCC3)cn1. The first-order valence-corrected chi connectivity index (χ1v) is 15.2. The second-order valence-corrected chi connectivity index (χ2v) is 12.0. The van der Waals surface area contributed by atoms with Crippen LogP contribution in [0, 0.1) is 0 Å². The first-order valence-electron chi connectivity index (χ1n) is 15.2. The molecule has 1 fully saturated rings. The van der Waals surface area contributed by atoms with Crippen molar-refractivity contribution in [1.29, 1.82) is 0 Å². The van der Waals surface area contributed by atoms with Gasteiger partial charge in [0.2, 0.25) is 11.8 Å². The fourth-order valence-corrected chi connectivity index (χ4v) is 7.08. The lowest BCUT2D eigenvalue weighted by atomic mass is 9.80. The number of amides is 2. The second-order valence-electron chi connectivity index (χ2n) is 12.0. The standard InChI is InChI=1S/C33H39F2N5O2/c1-4-39-18-26(16-36-39)28-13-23-6-5-11-40(31(23)15-29(28)33(34)35)32-14-24(12-25-17-38(21(3)42)19-30(25)32)22-7-9-27(10-8-22)37-20(2)41/h12-16,18,22,27,33H,4-11,17,19H2,1-3H3,(H,37,41)/t22-,27-. The number of hydrogen-bond donors (Lipinski definition) is 1. The van der Waals surface area contributed by atoms with Gasteiger partial charge in [-0.1, -0.05) is 6.07 Å². The van der Waals surface area contributed by atoms with Gasteiger partial charge in [0.05, 0.1) is 6.20 Å². The van der Waals surface area contributed by atoms with Crippen LogP contribution in [0.4, 0.5) is 20.2 Å². The first kappa shape index (κ1) is 28.4. The molecule has 3 aromatic rings. The Morgan fingerprint density at radius 1 is 1.02 bits per heavy atom. The molecule has 0 unspecified atom stereocenters. The molecule has 222 valence electrons. The molecule has 1 N–H and O–H groups in total. The molecule has 2 aromatic carbocycles. The smallest absolute Gasteiger partial charge is 0.264 e. The number of hydrogen-bond acceptors (Lipinski definition) is 4. The second kappa shape index (κ2) is 11.5. The Hall–Kier alpha value is -3.75. The minimum atomic E-state index is -2.62. The number of alkyl halides is 2. The van der Waals surface area contributed by atoms with E-state index in [-0.39, 0.29) is 23.4 Å². The third-order valence-electron chi connectivity index (χ3n) is 9.27. The number of fused-ring (bicyclic) bond motifs is 2. The lowest BCUT2D eigenvalue weighted by Crippen LogP contribution is -2.35. The average Bonchev–Trinajstić information content (AvgIpc) is 3.63. The summed E-state index contributed by atoms with van der Waals surface area (Å²) in [6.07, 6.45) is 6.41. The van der Waals surface area contributed by atoms with Crippen LogP contribution in [-0.2, 0) is 35.6 Å². The highest BCUT2D eigenvalue weighted by Crippen LogP contribution is 2.46. The van der Waals surface area contributed by atoms with Crippen LogP contribution >= 0.6 is 0 Å². The van der Waals surface area contributed by atoms with E-state index >= 15 is 0 Å². The largest absolute Gasteiger partial charge is 0.354 e. The molecule has 6 rings (SSSR count). The van der Waals surface area contributed by atoms with Crippen LogP contribution in [0.3, 0.4) is 0 Å². The monoisotopic (exact) mass is 575 g/mol. The van der Waals surface area contributed by atoms with Crippen molar-refractivity contribution in [2.45, 2.75) is 97.3 Å². The molecule has 0 saturated heterocycles. The molecule has 0 spiro atoms. The maximum absolute atomic E-state index is 14.6. The van der Waals surface area contributed by atoms with Gasteiger partial charge in [0.1, 0.15) is 0 Å². The van der Waals surface area contributed by atoms with E-state index in [1.807, 2.05) is 24.1 Å². The van der Waals surface area contributed by atoms with Crippen LogP contribution in [0.2, 0.25) is 0 Å².